The SMILES string of the molecule is CCOC(=O)/C(=C/N(C)c1ccc2c(c1)n(C)c(=O)n2C)C(=O)N(C=O)C1CCc2c1cc(F)cc2C(F)(F)F. The van der Waals surface area contributed by atoms with Crippen molar-refractivity contribution in [3.05, 3.63) is 75.1 Å². The third-order valence-electron chi connectivity index (χ3n) is 6.98. The summed E-state index contributed by atoms with van der Waals surface area (Å²) in [7, 11) is 4.73. The lowest BCUT2D eigenvalue weighted by Gasteiger charge is -2.25. The Hall–Kier alpha value is -4.42. The van der Waals surface area contributed by atoms with Gasteiger partial charge in [-0.15, -0.1) is 0 Å². The summed E-state index contributed by atoms with van der Waals surface area (Å²) < 4.78 is 62.8. The Morgan fingerprint density at radius 3 is 2.42 bits per heavy atom. The first-order chi connectivity index (χ1) is 18.8. The third kappa shape index (κ3) is 4.98. The Kier molecular flexibility index (Phi) is 7.59. The zero-order valence-corrected chi connectivity index (χ0v) is 22.1. The fourth-order valence-corrected chi connectivity index (χ4v) is 5.00. The Labute approximate surface area is 225 Å². The second kappa shape index (κ2) is 10.6. The number of halogens is 4. The Bertz CT molecular complexity index is 1600. The van der Waals surface area contributed by atoms with Gasteiger partial charge in [-0.3, -0.25) is 23.6 Å². The number of hydrogen-bond acceptors (Lipinski definition) is 6. The molecule has 0 saturated carbocycles. The summed E-state index contributed by atoms with van der Waals surface area (Å²) >= 11 is 0. The highest BCUT2D eigenvalue weighted by Crippen LogP contribution is 2.43. The van der Waals surface area contributed by atoms with E-state index in [1.807, 2.05) is 0 Å². The lowest BCUT2D eigenvalue weighted by molar-refractivity contribution is -0.144. The molecule has 0 bridgehead atoms. The van der Waals surface area contributed by atoms with Gasteiger partial charge in [0.05, 0.1) is 29.2 Å². The van der Waals surface area contributed by atoms with Crippen LogP contribution < -0.4 is 10.6 Å². The van der Waals surface area contributed by atoms with E-state index in [1.54, 1.807) is 32.3 Å². The first kappa shape index (κ1) is 28.6. The highest BCUT2D eigenvalue weighted by Gasteiger charge is 2.41. The number of hydrogen-bond donors (Lipinski definition) is 0. The van der Waals surface area contributed by atoms with Crippen molar-refractivity contribution in [1.29, 1.82) is 0 Å². The number of alkyl halides is 3. The van der Waals surface area contributed by atoms with Gasteiger partial charge >= 0.3 is 17.8 Å². The van der Waals surface area contributed by atoms with Crippen LogP contribution in [0.15, 0.2) is 46.9 Å². The molecule has 1 aliphatic carbocycles. The molecule has 1 heterocycles. The van der Waals surface area contributed by atoms with E-state index >= 15 is 0 Å². The molecule has 0 aliphatic heterocycles. The number of aryl methyl sites for hydroxylation is 2. The molecule has 1 aromatic heterocycles. The van der Waals surface area contributed by atoms with Crippen LogP contribution in [0.4, 0.5) is 23.2 Å². The molecule has 3 aromatic rings. The van der Waals surface area contributed by atoms with Crippen LogP contribution in [0.2, 0.25) is 0 Å². The minimum Gasteiger partial charge on any atom is -0.462 e. The van der Waals surface area contributed by atoms with Crippen LogP contribution in [-0.2, 0) is 45.8 Å². The first-order valence-electron chi connectivity index (χ1n) is 12.2. The smallest absolute Gasteiger partial charge is 0.416 e. The third-order valence-corrected chi connectivity index (χ3v) is 6.98. The van der Waals surface area contributed by atoms with Crippen LogP contribution in [0.1, 0.15) is 36.1 Å². The van der Waals surface area contributed by atoms with Crippen LogP contribution in [0.25, 0.3) is 11.0 Å². The molecule has 212 valence electrons. The molecule has 2 aromatic carbocycles. The number of amides is 2. The summed E-state index contributed by atoms with van der Waals surface area (Å²) in [6.07, 6.45) is -3.82. The Morgan fingerprint density at radius 2 is 1.80 bits per heavy atom. The van der Waals surface area contributed by atoms with E-state index in [2.05, 4.69) is 0 Å². The van der Waals surface area contributed by atoms with E-state index in [1.165, 1.54) is 28.0 Å². The van der Waals surface area contributed by atoms with Crippen molar-refractivity contribution in [2.24, 2.45) is 14.1 Å². The average Bonchev–Trinajstić information content (AvgIpc) is 3.40. The summed E-state index contributed by atoms with van der Waals surface area (Å²) in [5, 5.41) is 0. The number of fused-ring (bicyclic) bond motifs is 2. The van der Waals surface area contributed by atoms with Crippen molar-refractivity contribution >= 4 is 35.0 Å². The van der Waals surface area contributed by atoms with Gasteiger partial charge in [0, 0.05) is 33.0 Å². The van der Waals surface area contributed by atoms with Crippen molar-refractivity contribution in [3.8, 4) is 0 Å². The van der Waals surface area contributed by atoms with Crippen molar-refractivity contribution in [1.82, 2.24) is 14.0 Å². The molecule has 40 heavy (non-hydrogen) atoms. The van der Waals surface area contributed by atoms with E-state index in [0.29, 0.717) is 27.7 Å². The second-order valence-corrected chi connectivity index (χ2v) is 9.34. The van der Waals surface area contributed by atoms with Crippen molar-refractivity contribution in [3.63, 3.8) is 0 Å². The van der Waals surface area contributed by atoms with E-state index < -0.39 is 41.0 Å². The van der Waals surface area contributed by atoms with Crippen LogP contribution in [-0.4, -0.2) is 46.0 Å². The minimum absolute atomic E-state index is 0.0863. The second-order valence-electron chi connectivity index (χ2n) is 9.34. The van der Waals surface area contributed by atoms with Gasteiger partial charge in [0.25, 0.3) is 5.91 Å². The van der Waals surface area contributed by atoms with Gasteiger partial charge in [0.1, 0.15) is 11.4 Å². The lowest BCUT2D eigenvalue weighted by Crippen LogP contribution is -2.37. The monoisotopic (exact) mass is 562 g/mol. The topological polar surface area (TPSA) is 93.8 Å². The molecule has 1 atom stereocenters. The molecule has 0 fully saturated rings. The molecule has 9 nitrogen and oxygen atoms in total. The van der Waals surface area contributed by atoms with Crippen LogP contribution >= 0.6 is 0 Å². The van der Waals surface area contributed by atoms with Gasteiger partial charge in [0.15, 0.2) is 0 Å². The van der Waals surface area contributed by atoms with Crippen molar-refractivity contribution < 1.29 is 36.7 Å². The number of rotatable bonds is 7. The number of carbonyl (C=O) groups excluding carboxylic acids is 3. The predicted octanol–water partition coefficient (Wildman–Crippen LogP) is 3.59. The molecule has 2 amide bonds. The molecule has 1 unspecified atom stereocenters. The zero-order chi connectivity index (χ0) is 29.5. The number of imide groups is 1. The highest BCUT2D eigenvalue weighted by atomic mass is 19.4. The molecular weight excluding hydrogens is 536 g/mol. The number of anilines is 1. The van der Waals surface area contributed by atoms with Gasteiger partial charge in [-0.25, -0.2) is 14.0 Å². The number of imidazole rings is 1. The number of ether oxygens (including phenoxy) is 1. The number of benzene rings is 2. The minimum atomic E-state index is -4.83. The normalized spacial score (nSPS) is 15.2. The summed E-state index contributed by atoms with van der Waals surface area (Å²) in [5.41, 5.74) is -0.657. The summed E-state index contributed by atoms with van der Waals surface area (Å²) in [4.78, 5) is 52.8. The zero-order valence-electron chi connectivity index (χ0n) is 22.1. The molecule has 0 saturated heterocycles. The van der Waals surface area contributed by atoms with E-state index in [9.17, 15) is 36.7 Å². The largest absolute Gasteiger partial charge is 0.462 e. The molecule has 0 N–H and O–H groups in total. The molecule has 0 radical (unpaired) electrons. The summed E-state index contributed by atoms with van der Waals surface area (Å²) in [5.74, 6) is -3.35. The van der Waals surface area contributed by atoms with E-state index in [-0.39, 0.29) is 42.7 Å². The Balaban J connectivity index is 1.75. The number of carbonyl (C=O) groups is 3. The molecule has 13 heteroatoms. The fourth-order valence-electron chi connectivity index (χ4n) is 5.00. The van der Waals surface area contributed by atoms with Crippen molar-refractivity contribution in [2.45, 2.75) is 32.0 Å². The number of esters is 1. The standard InChI is InChI=1S/C27H26F4N4O5/c1-5-40-25(38)19(13-32(2)16-6-8-22-23(12-16)34(4)26(39)33(22)3)24(37)35(14-36)21-9-7-17-18(21)10-15(28)11-20(17)27(29,30)31/h6,8,10-14,21H,5,7,9H2,1-4H3/b19-13+. The van der Waals surface area contributed by atoms with Crippen LogP contribution in [0.3, 0.4) is 0 Å². The maximum Gasteiger partial charge on any atom is 0.416 e. The number of nitrogens with zero attached hydrogens (tertiary/aromatic N) is 4. The van der Waals surface area contributed by atoms with Crippen LogP contribution in [0.5, 0.6) is 0 Å². The van der Waals surface area contributed by atoms with E-state index in [0.717, 1.165) is 12.3 Å². The summed E-state index contributed by atoms with van der Waals surface area (Å²) in [6.45, 7) is 1.42. The van der Waals surface area contributed by atoms with Gasteiger partial charge < -0.3 is 9.64 Å². The first-order valence-corrected chi connectivity index (χ1v) is 12.2. The van der Waals surface area contributed by atoms with Gasteiger partial charge in [-0.1, -0.05) is 0 Å². The molecule has 4 rings (SSSR count). The van der Waals surface area contributed by atoms with Gasteiger partial charge in [0.2, 0.25) is 6.41 Å². The van der Waals surface area contributed by atoms with Gasteiger partial charge in [-0.05, 0) is 61.2 Å². The molecular formula is C27H26F4N4O5. The fraction of sp³-hybridized carbons (Fsp3) is 0.333. The molecule has 0 spiro atoms. The van der Waals surface area contributed by atoms with Gasteiger partial charge in [-0.2, -0.15) is 13.2 Å². The quantitative estimate of drug-likeness (QED) is 0.109. The van der Waals surface area contributed by atoms with E-state index in [4.69, 9.17) is 4.74 Å². The highest BCUT2D eigenvalue weighted by molar-refractivity contribution is 6.18. The summed E-state index contributed by atoms with van der Waals surface area (Å²) in [6, 6.07) is 5.01. The number of aromatic nitrogens is 2. The average molecular weight is 563 g/mol. The maximum absolute atomic E-state index is 14.2. The lowest BCUT2D eigenvalue weighted by atomic mass is 10.0. The predicted molar refractivity (Wildman–Crippen MR) is 137 cm³/mol. The van der Waals surface area contributed by atoms with Crippen LogP contribution in [0, 0.1) is 5.82 Å². The maximum atomic E-state index is 14.2. The Morgan fingerprint density at radius 1 is 1.12 bits per heavy atom. The van der Waals surface area contributed by atoms with Crippen molar-refractivity contribution in [2.75, 3.05) is 18.6 Å². The molecule has 1 aliphatic rings.